The van der Waals surface area contributed by atoms with Gasteiger partial charge in [0.2, 0.25) is 11.8 Å². The van der Waals surface area contributed by atoms with Crippen molar-refractivity contribution in [3.8, 4) is 0 Å². The fourth-order valence-corrected chi connectivity index (χ4v) is 8.39. The van der Waals surface area contributed by atoms with Gasteiger partial charge in [-0.1, -0.05) is 23.8 Å². The molecule has 53 heavy (non-hydrogen) atoms. The normalized spacial score (nSPS) is 23.2. The number of anilines is 1. The van der Waals surface area contributed by atoms with Gasteiger partial charge in [-0.2, -0.15) is 4.68 Å². The van der Waals surface area contributed by atoms with Crippen LogP contribution in [0.5, 0.6) is 0 Å². The van der Waals surface area contributed by atoms with Gasteiger partial charge < -0.3 is 25.3 Å². The van der Waals surface area contributed by atoms with Crippen molar-refractivity contribution in [1.29, 1.82) is 0 Å². The second-order valence-corrected chi connectivity index (χ2v) is 15.7. The van der Waals surface area contributed by atoms with Crippen molar-refractivity contribution in [2.24, 2.45) is 11.8 Å². The molecule has 0 bridgehead atoms. The molecule has 4 aromatic rings. The van der Waals surface area contributed by atoms with Gasteiger partial charge in [-0.15, -0.1) is 5.10 Å². The molecule has 0 unspecified atom stereocenters. The van der Waals surface area contributed by atoms with Gasteiger partial charge in [-0.05, 0) is 121 Å². The van der Waals surface area contributed by atoms with Gasteiger partial charge in [0.25, 0.3) is 5.91 Å². The highest BCUT2D eigenvalue weighted by atomic mass is 19.1. The number of likely N-dealkylation sites (tertiary alicyclic amines) is 2. The molecule has 282 valence electrons. The van der Waals surface area contributed by atoms with E-state index in [1.54, 1.807) is 49.9 Å². The molecule has 2 aliphatic heterocycles. The molecule has 0 radical (unpaired) electrons. The van der Waals surface area contributed by atoms with E-state index in [1.165, 1.54) is 4.68 Å². The van der Waals surface area contributed by atoms with Crippen LogP contribution in [0.3, 0.4) is 0 Å². The Balaban J connectivity index is 1.04. The van der Waals surface area contributed by atoms with E-state index in [1.807, 2.05) is 24.3 Å². The van der Waals surface area contributed by atoms with Crippen molar-refractivity contribution in [1.82, 2.24) is 35.1 Å². The van der Waals surface area contributed by atoms with Crippen LogP contribution in [0.25, 0.3) is 21.9 Å². The quantitative estimate of drug-likeness (QED) is 0.210. The summed E-state index contributed by atoms with van der Waals surface area (Å²) in [5.74, 6) is -1.01. The minimum absolute atomic E-state index is 0.0371. The first kappa shape index (κ1) is 36.5. The standard InChI is InChI=1S/C39H49FN8O5/c1-39(2,3)53-38(52)43-31(23-40)24-11-13-25(14-12-24)36(50)47-20-17-33(46-18-7-4-8-19-46)34(47)35(49)41-27-15-16-28-26(21-27)22-30(42-28)37(51)48-32-10-6-5-9-29(32)44-45-48/h5-6,9-10,15-16,21-22,24-25,31,33-34,42H,4,7-8,11-14,17-20,23H2,1-3H3,(H,41,49)(H,43,52)/t24-,25-,31-,33-,34+/m1/s1. The zero-order chi connectivity index (χ0) is 37.3. The number of hydrogen-bond acceptors (Lipinski definition) is 8. The number of ether oxygens (including phenoxy) is 1. The van der Waals surface area contributed by atoms with Crippen molar-refractivity contribution >= 4 is 51.4 Å². The number of rotatable bonds is 8. The first-order valence-electron chi connectivity index (χ1n) is 18.9. The van der Waals surface area contributed by atoms with E-state index >= 15 is 0 Å². The molecule has 3 aliphatic rings. The molecule has 3 amide bonds. The summed E-state index contributed by atoms with van der Waals surface area (Å²) in [6.07, 6.45) is 5.65. The molecule has 2 saturated heterocycles. The molecule has 13 nitrogen and oxygen atoms in total. The summed E-state index contributed by atoms with van der Waals surface area (Å²) in [5, 5.41) is 14.7. The monoisotopic (exact) mass is 728 g/mol. The van der Waals surface area contributed by atoms with Crippen LogP contribution < -0.4 is 10.6 Å². The van der Waals surface area contributed by atoms with E-state index in [9.17, 15) is 23.6 Å². The van der Waals surface area contributed by atoms with Gasteiger partial charge in [-0.25, -0.2) is 9.18 Å². The predicted octanol–water partition coefficient (Wildman–Crippen LogP) is 5.66. The first-order chi connectivity index (χ1) is 25.5. The lowest BCUT2D eigenvalue weighted by molar-refractivity contribution is -0.142. The van der Waals surface area contributed by atoms with Crippen molar-refractivity contribution < 1.29 is 28.3 Å². The molecule has 7 rings (SSSR count). The van der Waals surface area contributed by atoms with Gasteiger partial charge in [0.1, 0.15) is 29.5 Å². The fraction of sp³-hybridized carbons (Fsp3) is 0.538. The fourth-order valence-electron chi connectivity index (χ4n) is 8.39. The summed E-state index contributed by atoms with van der Waals surface area (Å²) in [5.41, 5.74) is 2.17. The Morgan fingerprint density at radius 1 is 0.962 bits per heavy atom. The van der Waals surface area contributed by atoms with Crippen LogP contribution in [0.15, 0.2) is 48.5 Å². The number of piperidine rings is 1. The highest BCUT2D eigenvalue weighted by Gasteiger charge is 2.46. The minimum Gasteiger partial charge on any atom is -0.444 e. The number of amides is 3. The number of halogens is 1. The van der Waals surface area contributed by atoms with Gasteiger partial charge >= 0.3 is 6.09 Å². The van der Waals surface area contributed by atoms with E-state index in [0.717, 1.165) is 43.3 Å². The van der Waals surface area contributed by atoms with Crippen molar-refractivity contribution in [2.75, 3.05) is 31.6 Å². The van der Waals surface area contributed by atoms with Gasteiger partial charge in [0.05, 0.1) is 11.6 Å². The molecule has 2 aromatic carbocycles. The van der Waals surface area contributed by atoms with Crippen LogP contribution in [-0.2, 0) is 14.3 Å². The largest absolute Gasteiger partial charge is 0.444 e. The molecular formula is C39H49FN8O5. The van der Waals surface area contributed by atoms with Crippen molar-refractivity contribution in [2.45, 2.75) is 95.9 Å². The topological polar surface area (TPSA) is 155 Å². The predicted molar refractivity (Wildman–Crippen MR) is 198 cm³/mol. The lowest BCUT2D eigenvalue weighted by Crippen LogP contribution is -2.55. The second-order valence-electron chi connectivity index (χ2n) is 15.7. The Morgan fingerprint density at radius 3 is 2.45 bits per heavy atom. The van der Waals surface area contributed by atoms with Crippen LogP contribution >= 0.6 is 0 Å². The number of fused-ring (bicyclic) bond motifs is 2. The highest BCUT2D eigenvalue weighted by Crippen LogP contribution is 2.36. The van der Waals surface area contributed by atoms with Crippen LogP contribution in [0.2, 0.25) is 0 Å². The summed E-state index contributed by atoms with van der Waals surface area (Å²) >= 11 is 0. The number of alkyl halides is 1. The summed E-state index contributed by atoms with van der Waals surface area (Å²) in [7, 11) is 0. The number of nitrogens with zero attached hydrogens (tertiary/aromatic N) is 5. The molecule has 3 N–H and O–H groups in total. The van der Waals surface area contributed by atoms with Crippen LogP contribution in [0.4, 0.5) is 14.9 Å². The average Bonchev–Trinajstić information content (AvgIpc) is 3.90. The number of carbonyl (C=O) groups is 4. The lowest BCUT2D eigenvalue weighted by atomic mass is 9.78. The molecule has 2 aromatic heterocycles. The molecule has 0 spiro atoms. The Bertz CT molecular complexity index is 1970. The number of alkyl carbamates (subject to hydrolysis) is 1. The Hall–Kier alpha value is -4.85. The summed E-state index contributed by atoms with van der Waals surface area (Å²) < 4.78 is 20.7. The molecule has 3 fully saturated rings. The molecule has 1 saturated carbocycles. The Kier molecular flexibility index (Phi) is 10.5. The third-order valence-corrected chi connectivity index (χ3v) is 11.0. The smallest absolute Gasteiger partial charge is 0.407 e. The Morgan fingerprint density at radius 2 is 1.72 bits per heavy atom. The second kappa shape index (κ2) is 15.2. The molecule has 1 aliphatic carbocycles. The number of aromatic nitrogens is 4. The molecular weight excluding hydrogens is 679 g/mol. The Labute approximate surface area is 308 Å². The third kappa shape index (κ3) is 7.92. The minimum atomic E-state index is -0.709. The summed E-state index contributed by atoms with van der Waals surface area (Å²) in [4.78, 5) is 61.5. The van der Waals surface area contributed by atoms with E-state index in [4.69, 9.17) is 4.74 Å². The third-order valence-electron chi connectivity index (χ3n) is 11.0. The van der Waals surface area contributed by atoms with Crippen molar-refractivity contribution in [3.05, 3.63) is 54.2 Å². The zero-order valence-corrected chi connectivity index (χ0v) is 30.6. The molecule has 4 heterocycles. The summed E-state index contributed by atoms with van der Waals surface area (Å²) in [6, 6.07) is 13.0. The number of nitrogens with one attached hydrogen (secondary N) is 3. The van der Waals surface area contributed by atoms with Crippen LogP contribution in [-0.4, -0.2) is 104 Å². The number of H-pyrrole nitrogens is 1. The lowest BCUT2D eigenvalue weighted by Gasteiger charge is -2.38. The van der Waals surface area contributed by atoms with Crippen LogP contribution in [0.1, 0.15) is 82.6 Å². The average molecular weight is 729 g/mol. The molecule has 3 atom stereocenters. The number of para-hydroxylation sites is 1. The maximum Gasteiger partial charge on any atom is 0.407 e. The van der Waals surface area contributed by atoms with Gasteiger partial charge in [0.15, 0.2) is 0 Å². The van der Waals surface area contributed by atoms with E-state index in [2.05, 4.69) is 30.8 Å². The summed E-state index contributed by atoms with van der Waals surface area (Å²) in [6.45, 7) is 6.86. The van der Waals surface area contributed by atoms with E-state index in [-0.39, 0.29) is 35.6 Å². The van der Waals surface area contributed by atoms with Gasteiger partial charge in [0, 0.05) is 35.1 Å². The van der Waals surface area contributed by atoms with Crippen LogP contribution in [0, 0.1) is 11.8 Å². The molecule has 14 heteroatoms. The van der Waals surface area contributed by atoms with Gasteiger partial charge in [-0.3, -0.25) is 19.3 Å². The number of carbonyl (C=O) groups excluding carboxylic acids is 4. The maximum atomic E-state index is 14.3. The first-order valence-corrected chi connectivity index (χ1v) is 18.9. The van der Waals surface area contributed by atoms with E-state index < -0.39 is 30.5 Å². The zero-order valence-electron chi connectivity index (χ0n) is 30.6. The number of hydrogen-bond donors (Lipinski definition) is 3. The SMILES string of the molecule is CC(C)(C)OC(=O)N[C@H](CF)[C@H]1CC[C@H](C(=O)N2CC[C@@H](N3CCCCC3)[C@H]2C(=O)Nc2ccc3[nH]c(C(=O)n4nnc5ccccc54)cc3c2)CC1. The van der Waals surface area contributed by atoms with Crippen molar-refractivity contribution in [3.63, 3.8) is 0 Å². The number of aromatic amines is 1. The highest BCUT2D eigenvalue weighted by molar-refractivity contribution is 6.04. The maximum absolute atomic E-state index is 14.3. The van der Waals surface area contributed by atoms with E-state index in [0.29, 0.717) is 61.1 Å². The number of benzene rings is 2.